The molecule has 0 aliphatic carbocycles. The van der Waals surface area contributed by atoms with E-state index in [0.717, 1.165) is 0 Å². The number of benzene rings is 1. The van der Waals surface area contributed by atoms with E-state index in [9.17, 15) is 0 Å². The number of rotatable bonds is 1. The van der Waals surface area contributed by atoms with Crippen LogP contribution in [0.1, 0.15) is 40.8 Å². The number of hydrogen-bond acceptors (Lipinski definition) is 1. The first kappa shape index (κ1) is 10.3. The highest BCUT2D eigenvalue weighted by molar-refractivity contribution is 5.45. The Kier molecular flexibility index (Phi) is 2.77. The normalized spacial score (nSPS) is 13.1. The maximum atomic E-state index is 5.95. The molecule has 1 rings (SSSR count). The van der Waals surface area contributed by atoms with Gasteiger partial charge in [-0.25, -0.2) is 0 Å². The average molecular weight is 177 g/mol. The summed E-state index contributed by atoms with van der Waals surface area (Å²) in [6.45, 7) is 10.6. The van der Waals surface area contributed by atoms with Crippen LogP contribution in [-0.4, -0.2) is 0 Å². The quantitative estimate of drug-likeness (QED) is 0.701. The van der Waals surface area contributed by atoms with Gasteiger partial charge in [0.2, 0.25) is 0 Å². The standard InChI is InChI=1S/C12H19N/c1-7-6-8(2)10(4)12(9(7)3)11(5)13/h6,11H,13H2,1-5H3/t11-/m0/s1. The van der Waals surface area contributed by atoms with Crippen LogP contribution in [0, 0.1) is 27.7 Å². The molecular formula is C12H19N. The molecule has 0 amide bonds. The Labute approximate surface area is 81.0 Å². The van der Waals surface area contributed by atoms with Crippen molar-refractivity contribution < 1.29 is 0 Å². The lowest BCUT2D eigenvalue weighted by Gasteiger charge is -2.17. The smallest absolute Gasteiger partial charge is 0.0271 e. The second kappa shape index (κ2) is 3.51. The molecule has 1 aromatic carbocycles. The van der Waals surface area contributed by atoms with Gasteiger partial charge in [0.25, 0.3) is 0 Å². The van der Waals surface area contributed by atoms with Crippen molar-refractivity contribution in [3.8, 4) is 0 Å². The molecule has 0 bridgehead atoms. The Balaban J connectivity index is 3.46. The Bertz CT molecular complexity index is 298. The Morgan fingerprint density at radius 1 is 1.00 bits per heavy atom. The molecule has 0 aliphatic rings. The monoisotopic (exact) mass is 177 g/mol. The van der Waals surface area contributed by atoms with E-state index in [1.165, 1.54) is 27.8 Å². The molecule has 0 unspecified atom stereocenters. The molecule has 0 aromatic heterocycles. The second-order valence-electron chi connectivity index (χ2n) is 3.96. The number of hydrogen-bond donors (Lipinski definition) is 1. The van der Waals surface area contributed by atoms with Gasteiger partial charge in [-0.2, -0.15) is 0 Å². The van der Waals surface area contributed by atoms with Crippen LogP contribution in [0.2, 0.25) is 0 Å². The van der Waals surface area contributed by atoms with E-state index in [-0.39, 0.29) is 6.04 Å². The minimum absolute atomic E-state index is 0.138. The fourth-order valence-corrected chi connectivity index (χ4v) is 1.93. The zero-order valence-corrected chi connectivity index (χ0v) is 9.23. The molecule has 1 atom stereocenters. The van der Waals surface area contributed by atoms with Gasteiger partial charge >= 0.3 is 0 Å². The highest BCUT2D eigenvalue weighted by atomic mass is 14.6. The van der Waals surface area contributed by atoms with E-state index in [2.05, 4.69) is 33.8 Å². The number of aryl methyl sites for hydroxylation is 2. The van der Waals surface area contributed by atoms with Gasteiger partial charge < -0.3 is 5.73 Å². The molecule has 0 fully saturated rings. The van der Waals surface area contributed by atoms with Crippen LogP contribution in [0.5, 0.6) is 0 Å². The molecule has 1 aromatic rings. The van der Waals surface area contributed by atoms with Crippen molar-refractivity contribution in [3.05, 3.63) is 33.9 Å². The van der Waals surface area contributed by atoms with E-state index in [4.69, 9.17) is 5.73 Å². The number of nitrogens with two attached hydrogens (primary N) is 1. The maximum Gasteiger partial charge on any atom is 0.0271 e. The summed E-state index contributed by atoms with van der Waals surface area (Å²) in [4.78, 5) is 0. The van der Waals surface area contributed by atoms with Gasteiger partial charge in [-0.1, -0.05) is 6.07 Å². The van der Waals surface area contributed by atoms with Crippen molar-refractivity contribution in [1.82, 2.24) is 0 Å². The van der Waals surface area contributed by atoms with Crippen LogP contribution < -0.4 is 5.73 Å². The van der Waals surface area contributed by atoms with Crippen molar-refractivity contribution in [2.45, 2.75) is 40.7 Å². The SMILES string of the molecule is Cc1cc(C)c(C)c([C@H](C)N)c1C. The largest absolute Gasteiger partial charge is 0.324 e. The van der Waals surface area contributed by atoms with Crippen LogP contribution >= 0.6 is 0 Å². The fraction of sp³-hybridized carbons (Fsp3) is 0.500. The molecular weight excluding hydrogens is 158 g/mol. The summed E-state index contributed by atoms with van der Waals surface area (Å²) in [7, 11) is 0. The van der Waals surface area contributed by atoms with Gasteiger partial charge in [-0.3, -0.25) is 0 Å². The third-order valence-corrected chi connectivity index (χ3v) is 2.88. The van der Waals surface area contributed by atoms with Gasteiger partial charge in [0, 0.05) is 6.04 Å². The van der Waals surface area contributed by atoms with Crippen LogP contribution in [0.4, 0.5) is 0 Å². The summed E-state index contributed by atoms with van der Waals surface area (Å²) in [5, 5.41) is 0. The molecule has 0 radical (unpaired) electrons. The summed E-state index contributed by atoms with van der Waals surface area (Å²) in [5.41, 5.74) is 12.6. The lowest BCUT2D eigenvalue weighted by molar-refractivity contribution is 0.797. The van der Waals surface area contributed by atoms with Crippen molar-refractivity contribution in [1.29, 1.82) is 0 Å². The molecule has 0 saturated carbocycles. The Morgan fingerprint density at radius 3 is 1.69 bits per heavy atom. The Morgan fingerprint density at radius 2 is 1.38 bits per heavy atom. The molecule has 2 N–H and O–H groups in total. The van der Waals surface area contributed by atoms with E-state index in [1.54, 1.807) is 0 Å². The molecule has 0 saturated heterocycles. The molecule has 0 heterocycles. The molecule has 1 heteroatoms. The van der Waals surface area contributed by atoms with E-state index >= 15 is 0 Å². The topological polar surface area (TPSA) is 26.0 Å². The van der Waals surface area contributed by atoms with Crippen LogP contribution in [-0.2, 0) is 0 Å². The van der Waals surface area contributed by atoms with Crippen molar-refractivity contribution in [2.75, 3.05) is 0 Å². The van der Waals surface area contributed by atoms with Crippen LogP contribution in [0.25, 0.3) is 0 Å². The molecule has 1 nitrogen and oxygen atoms in total. The highest BCUT2D eigenvalue weighted by Gasteiger charge is 2.10. The van der Waals surface area contributed by atoms with Crippen molar-refractivity contribution >= 4 is 0 Å². The maximum absolute atomic E-state index is 5.95. The predicted octanol–water partition coefficient (Wildman–Crippen LogP) is 2.94. The van der Waals surface area contributed by atoms with Gasteiger partial charge in [-0.05, 0) is 62.4 Å². The second-order valence-corrected chi connectivity index (χ2v) is 3.96. The van der Waals surface area contributed by atoms with Gasteiger partial charge in [-0.15, -0.1) is 0 Å². The van der Waals surface area contributed by atoms with Crippen molar-refractivity contribution in [2.24, 2.45) is 5.73 Å². The van der Waals surface area contributed by atoms with Crippen LogP contribution in [0.3, 0.4) is 0 Å². The first-order valence-electron chi connectivity index (χ1n) is 4.78. The first-order chi connectivity index (χ1) is 5.95. The minimum atomic E-state index is 0.138. The van der Waals surface area contributed by atoms with Crippen LogP contribution in [0.15, 0.2) is 6.07 Å². The molecule has 0 spiro atoms. The Hall–Kier alpha value is -0.820. The summed E-state index contributed by atoms with van der Waals surface area (Å²) in [6, 6.07) is 2.37. The third-order valence-electron chi connectivity index (χ3n) is 2.88. The van der Waals surface area contributed by atoms with E-state index in [0.29, 0.717) is 0 Å². The fourth-order valence-electron chi connectivity index (χ4n) is 1.93. The van der Waals surface area contributed by atoms with E-state index < -0.39 is 0 Å². The highest BCUT2D eigenvalue weighted by Crippen LogP contribution is 2.25. The summed E-state index contributed by atoms with van der Waals surface area (Å²) in [5.74, 6) is 0. The lowest BCUT2D eigenvalue weighted by atomic mass is 9.91. The minimum Gasteiger partial charge on any atom is -0.324 e. The zero-order chi connectivity index (χ0) is 10.2. The molecule has 13 heavy (non-hydrogen) atoms. The third kappa shape index (κ3) is 1.75. The van der Waals surface area contributed by atoms with Gasteiger partial charge in [0.15, 0.2) is 0 Å². The predicted molar refractivity (Wildman–Crippen MR) is 58.0 cm³/mol. The lowest BCUT2D eigenvalue weighted by Crippen LogP contribution is -2.11. The van der Waals surface area contributed by atoms with Gasteiger partial charge in [0.05, 0.1) is 0 Å². The molecule has 0 aliphatic heterocycles. The zero-order valence-electron chi connectivity index (χ0n) is 9.23. The summed E-state index contributed by atoms with van der Waals surface area (Å²) in [6.07, 6.45) is 0. The summed E-state index contributed by atoms with van der Waals surface area (Å²) < 4.78 is 0. The average Bonchev–Trinajstić information content (AvgIpc) is 2.01. The summed E-state index contributed by atoms with van der Waals surface area (Å²) >= 11 is 0. The van der Waals surface area contributed by atoms with E-state index in [1.807, 2.05) is 6.92 Å². The van der Waals surface area contributed by atoms with Gasteiger partial charge in [0.1, 0.15) is 0 Å². The van der Waals surface area contributed by atoms with Crippen molar-refractivity contribution in [3.63, 3.8) is 0 Å². The molecule has 72 valence electrons. The first-order valence-corrected chi connectivity index (χ1v) is 4.78.